The Morgan fingerprint density at radius 2 is 2.08 bits per heavy atom. The number of amides is 1. The fourth-order valence-electron chi connectivity index (χ4n) is 2.46. The number of nitrogens with one attached hydrogen (secondary N) is 1. The molecule has 2 heterocycles. The number of hydrogen-bond acceptors (Lipinski definition) is 3. The Morgan fingerprint density at radius 1 is 1.24 bits per heavy atom. The second-order valence-corrected chi connectivity index (χ2v) is 5.96. The van der Waals surface area contributed by atoms with Gasteiger partial charge < -0.3 is 15.6 Å². The zero-order valence-electron chi connectivity index (χ0n) is 13.2. The van der Waals surface area contributed by atoms with E-state index >= 15 is 0 Å². The van der Waals surface area contributed by atoms with E-state index in [0.717, 1.165) is 11.1 Å². The maximum Gasteiger partial charge on any atom is 0.255 e. The van der Waals surface area contributed by atoms with E-state index in [1.165, 1.54) is 24.3 Å². The van der Waals surface area contributed by atoms with Gasteiger partial charge in [-0.2, -0.15) is 0 Å². The Balaban J connectivity index is 1.60. The number of nitrogens with zero attached hydrogens (tertiary/aromatic N) is 2. The first kappa shape index (κ1) is 17.0. The molecule has 0 saturated heterocycles. The predicted molar refractivity (Wildman–Crippen MR) is 94.8 cm³/mol. The van der Waals surface area contributed by atoms with Crippen LogP contribution in [-0.4, -0.2) is 15.5 Å². The van der Waals surface area contributed by atoms with Crippen LogP contribution in [0, 0.1) is 5.82 Å². The van der Waals surface area contributed by atoms with Crippen molar-refractivity contribution >= 4 is 23.3 Å². The lowest BCUT2D eigenvalue weighted by atomic mass is 10.2. The number of benzene rings is 1. The van der Waals surface area contributed by atoms with E-state index in [9.17, 15) is 9.18 Å². The van der Waals surface area contributed by atoms with Crippen molar-refractivity contribution in [2.24, 2.45) is 0 Å². The van der Waals surface area contributed by atoms with Crippen molar-refractivity contribution in [1.29, 1.82) is 0 Å². The molecule has 0 fully saturated rings. The van der Waals surface area contributed by atoms with Crippen LogP contribution in [0.25, 0.3) is 0 Å². The molecule has 0 spiro atoms. The molecule has 3 aromatic rings. The molecule has 0 radical (unpaired) electrons. The molecule has 7 heteroatoms. The highest BCUT2D eigenvalue weighted by atomic mass is 35.5. The summed E-state index contributed by atoms with van der Waals surface area (Å²) in [5.41, 5.74) is 7.77. The Labute approximate surface area is 149 Å². The Hall–Kier alpha value is -2.86. The fourth-order valence-corrected chi connectivity index (χ4v) is 2.61. The summed E-state index contributed by atoms with van der Waals surface area (Å²) in [5.74, 6) is -0.487. The Kier molecular flexibility index (Phi) is 5.00. The van der Waals surface area contributed by atoms with Gasteiger partial charge in [-0.15, -0.1) is 0 Å². The smallest absolute Gasteiger partial charge is 0.255 e. The van der Waals surface area contributed by atoms with Crippen molar-refractivity contribution < 1.29 is 9.18 Å². The largest absolute Gasteiger partial charge is 0.383 e. The van der Waals surface area contributed by atoms with Crippen molar-refractivity contribution in [1.82, 2.24) is 14.9 Å². The first-order chi connectivity index (χ1) is 12.0. The van der Waals surface area contributed by atoms with Crippen LogP contribution >= 0.6 is 11.6 Å². The Morgan fingerprint density at radius 3 is 2.84 bits per heavy atom. The highest BCUT2D eigenvalue weighted by Crippen LogP contribution is 2.14. The minimum Gasteiger partial charge on any atom is -0.383 e. The van der Waals surface area contributed by atoms with Gasteiger partial charge >= 0.3 is 0 Å². The maximum atomic E-state index is 13.2. The highest BCUT2D eigenvalue weighted by molar-refractivity contribution is 6.29. The first-order valence-corrected chi connectivity index (χ1v) is 7.98. The number of pyridine rings is 1. The summed E-state index contributed by atoms with van der Waals surface area (Å²) in [5, 5.41) is 3.03. The van der Waals surface area contributed by atoms with Gasteiger partial charge in [0.15, 0.2) is 0 Å². The zero-order valence-corrected chi connectivity index (χ0v) is 14.0. The maximum absolute atomic E-state index is 13.2. The lowest BCUT2D eigenvalue weighted by molar-refractivity contribution is 0.0951. The van der Waals surface area contributed by atoms with Crippen LogP contribution in [0.15, 0.2) is 54.9 Å². The van der Waals surface area contributed by atoms with E-state index in [4.69, 9.17) is 17.3 Å². The van der Waals surface area contributed by atoms with Gasteiger partial charge in [0.05, 0.1) is 5.56 Å². The molecule has 25 heavy (non-hydrogen) atoms. The van der Waals surface area contributed by atoms with Gasteiger partial charge in [0, 0.05) is 25.5 Å². The molecule has 3 rings (SSSR count). The molecular weight excluding hydrogens is 343 g/mol. The first-order valence-electron chi connectivity index (χ1n) is 7.60. The van der Waals surface area contributed by atoms with Crippen molar-refractivity contribution in [2.45, 2.75) is 13.1 Å². The number of nitrogen functional groups attached to an aromatic ring is 1. The van der Waals surface area contributed by atoms with Crippen molar-refractivity contribution in [3.63, 3.8) is 0 Å². The molecule has 0 saturated carbocycles. The molecule has 5 nitrogen and oxygen atoms in total. The third-order valence-electron chi connectivity index (χ3n) is 3.65. The van der Waals surface area contributed by atoms with Crippen LogP contribution in [-0.2, 0) is 13.1 Å². The SMILES string of the molecule is Nc1nc(Cl)ccc1C(=O)NCc1ccn(Cc2cccc(F)c2)c1. The van der Waals surface area contributed by atoms with Crippen LogP contribution in [0.5, 0.6) is 0 Å². The highest BCUT2D eigenvalue weighted by Gasteiger charge is 2.11. The van der Waals surface area contributed by atoms with Crippen LogP contribution in [0.3, 0.4) is 0 Å². The topological polar surface area (TPSA) is 72.9 Å². The van der Waals surface area contributed by atoms with Crippen molar-refractivity contribution in [2.75, 3.05) is 5.73 Å². The summed E-state index contributed by atoms with van der Waals surface area (Å²) >= 11 is 5.72. The lowest BCUT2D eigenvalue weighted by Gasteiger charge is -2.06. The molecule has 128 valence electrons. The van der Waals surface area contributed by atoms with Gasteiger partial charge in [-0.05, 0) is 41.5 Å². The molecule has 0 bridgehead atoms. The molecule has 1 aromatic carbocycles. The number of carbonyl (C=O) groups excluding carboxylic acids is 1. The summed E-state index contributed by atoms with van der Waals surface area (Å²) in [7, 11) is 0. The predicted octanol–water partition coefficient (Wildman–Crippen LogP) is 3.24. The molecule has 0 aliphatic heterocycles. The number of halogens is 2. The molecule has 0 atom stereocenters. The van der Waals surface area contributed by atoms with E-state index in [1.807, 2.05) is 29.1 Å². The second-order valence-electron chi connectivity index (χ2n) is 5.57. The molecule has 1 amide bonds. The van der Waals surface area contributed by atoms with Crippen molar-refractivity contribution in [3.8, 4) is 0 Å². The van der Waals surface area contributed by atoms with Crippen LogP contribution in [0.4, 0.5) is 10.2 Å². The van der Waals surface area contributed by atoms with Crippen LogP contribution < -0.4 is 11.1 Å². The average Bonchev–Trinajstić information content (AvgIpc) is 3.00. The number of hydrogen-bond donors (Lipinski definition) is 2. The monoisotopic (exact) mass is 358 g/mol. The molecule has 2 aromatic heterocycles. The van der Waals surface area contributed by atoms with Gasteiger partial charge in [-0.3, -0.25) is 4.79 Å². The summed E-state index contributed by atoms with van der Waals surface area (Å²) < 4.78 is 15.1. The number of nitrogens with two attached hydrogens (primary N) is 1. The summed E-state index contributed by atoms with van der Waals surface area (Å²) in [4.78, 5) is 16.0. The minimum atomic E-state index is -0.320. The zero-order chi connectivity index (χ0) is 17.8. The third kappa shape index (κ3) is 4.36. The number of carbonyl (C=O) groups is 1. The second kappa shape index (κ2) is 7.36. The van der Waals surface area contributed by atoms with Gasteiger partial charge in [0.2, 0.25) is 0 Å². The number of aromatic nitrogens is 2. The molecule has 0 unspecified atom stereocenters. The molecule has 0 aliphatic rings. The third-order valence-corrected chi connectivity index (χ3v) is 3.86. The van der Waals surface area contributed by atoms with E-state index < -0.39 is 0 Å². The quantitative estimate of drug-likeness (QED) is 0.688. The summed E-state index contributed by atoms with van der Waals surface area (Å²) in [6.45, 7) is 0.900. The fraction of sp³-hybridized carbons (Fsp3) is 0.111. The van der Waals surface area contributed by atoms with Gasteiger partial charge in [0.1, 0.15) is 16.8 Å². The van der Waals surface area contributed by atoms with Crippen molar-refractivity contribution in [3.05, 3.63) is 82.5 Å². The summed E-state index contributed by atoms with van der Waals surface area (Å²) in [6, 6.07) is 11.4. The van der Waals surface area contributed by atoms with E-state index in [1.54, 1.807) is 6.07 Å². The standard InChI is InChI=1S/C18H16ClFN4O/c19-16-5-4-15(17(21)23-16)18(25)22-9-13-6-7-24(11-13)10-12-2-1-3-14(20)8-12/h1-8,11H,9-10H2,(H2,21,23)(H,22,25). The van der Waals surface area contributed by atoms with Gasteiger partial charge in [-0.1, -0.05) is 23.7 Å². The lowest BCUT2D eigenvalue weighted by Crippen LogP contribution is -2.24. The normalized spacial score (nSPS) is 10.6. The summed E-state index contributed by atoms with van der Waals surface area (Å²) in [6.07, 6.45) is 3.78. The Bertz CT molecular complexity index is 910. The molecular formula is C18H16ClFN4O. The molecule has 3 N–H and O–H groups in total. The van der Waals surface area contributed by atoms with Gasteiger partial charge in [-0.25, -0.2) is 9.37 Å². The average molecular weight is 359 g/mol. The minimum absolute atomic E-state index is 0.0914. The van der Waals surface area contributed by atoms with Crippen LogP contribution in [0.2, 0.25) is 5.15 Å². The number of rotatable bonds is 5. The molecule has 0 aliphatic carbocycles. The van der Waals surface area contributed by atoms with E-state index in [2.05, 4.69) is 10.3 Å². The van der Waals surface area contributed by atoms with Crippen LogP contribution in [0.1, 0.15) is 21.5 Å². The number of anilines is 1. The van der Waals surface area contributed by atoms with E-state index in [0.29, 0.717) is 13.1 Å². The van der Waals surface area contributed by atoms with E-state index in [-0.39, 0.29) is 28.3 Å². The van der Waals surface area contributed by atoms with Gasteiger partial charge in [0.25, 0.3) is 5.91 Å².